The Hall–Kier alpha value is -4.60. The van der Waals surface area contributed by atoms with Crippen molar-refractivity contribution in [3.8, 4) is 5.69 Å². The Balaban J connectivity index is 1.21. The first kappa shape index (κ1) is 27.6. The van der Waals surface area contributed by atoms with Gasteiger partial charge in [-0.3, -0.25) is 24.6 Å². The van der Waals surface area contributed by atoms with Crippen molar-refractivity contribution in [3.63, 3.8) is 0 Å². The SMILES string of the molecule is Cc1cc(/C=C2/SC(=O)N(Cc3cccc4ccccc34)C2=O)c(C)n1-c1ccc(Sc2ccc([N+](=O)[O-])cc2)cc1. The molecular weight excluding hydrogens is 567 g/mol. The number of rotatable bonds is 7. The van der Waals surface area contributed by atoms with Gasteiger partial charge in [0.15, 0.2) is 0 Å². The fourth-order valence-electron chi connectivity index (χ4n) is 5.14. The van der Waals surface area contributed by atoms with Gasteiger partial charge in [0.2, 0.25) is 0 Å². The molecule has 0 N–H and O–H groups in total. The number of benzene rings is 4. The molecule has 0 spiro atoms. The van der Waals surface area contributed by atoms with E-state index >= 15 is 0 Å². The molecule has 0 atom stereocenters. The van der Waals surface area contributed by atoms with Crippen molar-refractivity contribution in [1.29, 1.82) is 0 Å². The molecule has 0 bridgehead atoms. The number of nitro groups is 1. The van der Waals surface area contributed by atoms with E-state index in [0.29, 0.717) is 4.91 Å². The molecule has 1 aromatic heterocycles. The quantitative estimate of drug-likeness (QED) is 0.107. The Morgan fingerprint density at radius 3 is 2.26 bits per heavy atom. The number of hydrogen-bond donors (Lipinski definition) is 0. The van der Waals surface area contributed by atoms with Gasteiger partial charge >= 0.3 is 0 Å². The molecular formula is C33H25N3O4S2. The molecule has 0 radical (unpaired) electrons. The number of carbonyl (C=O) groups is 2. The fraction of sp³-hybridized carbons (Fsp3) is 0.0909. The molecule has 0 aliphatic carbocycles. The molecule has 1 aliphatic rings. The van der Waals surface area contributed by atoms with E-state index in [0.717, 1.165) is 60.5 Å². The van der Waals surface area contributed by atoms with Crippen LogP contribution in [0.3, 0.4) is 0 Å². The summed E-state index contributed by atoms with van der Waals surface area (Å²) < 4.78 is 2.12. The molecule has 2 heterocycles. The Kier molecular flexibility index (Phi) is 7.45. The number of imide groups is 1. The molecule has 6 rings (SSSR count). The van der Waals surface area contributed by atoms with Gasteiger partial charge in [-0.05, 0) is 96.0 Å². The first-order chi connectivity index (χ1) is 20.3. The Morgan fingerprint density at radius 1 is 0.881 bits per heavy atom. The summed E-state index contributed by atoms with van der Waals surface area (Å²) in [6, 6.07) is 30.5. The second-order valence-electron chi connectivity index (χ2n) is 9.91. The van der Waals surface area contributed by atoms with Crippen LogP contribution in [-0.2, 0) is 11.3 Å². The molecule has 1 fully saturated rings. The largest absolute Gasteiger partial charge is 0.318 e. The van der Waals surface area contributed by atoms with Crippen molar-refractivity contribution in [3.05, 3.63) is 135 Å². The molecule has 2 amide bonds. The van der Waals surface area contributed by atoms with Gasteiger partial charge in [-0.25, -0.2) is 0 Å². The summed E-state index contributed by atoms with van der Waals surface area (Å²) in [4.78, 5) is 40.4. The Labute approximate surface area is 251 Å². The zero-order chi connectivity index (χ0) is 29.4. The van der Waals surface area contributed by atoms with Crippen LogP contribution in [0, 0.1) is 24.0 Å². The number of hydrogen-bond acceptors (Lipinski definition) is 6. The lowest BCUT2D eigenvalue weighted by atomic mass is 10.0. The minimum absolute atomic E-state index is 0.0682. The van der Waals surface area contributed by atoms with E-state index in [4.69, 9.17) is 0 Å². The molecule has 9 heteroatoms. The molecule has 0 unspecified atom stereocenters. The predicted octanol–water partition coefficient (Wildman–Crippen LogP) is 8.54. The topological polar surface area (TPSA) is 85.5 Å². The van der Waals surface area contributed by atoms with Crippen LogP contribution in [0.1, 0.15) is 22.5 Å². The number of aromatic nitrogens is 1. The highest BCUT2D eigenvalue weighted by atomic mass is 32.2. The lowest BCUT2D eigenvalue weighted by molar-refractivity contribution is -0.384. The molecule has 42 heavy (non-hydrogen) atoms. The number of aryl methyl sites for hydroxylation is 1. The molecule has 1 aliphatic heterocycles. The first-order valence-corrected chi connectivity index (χ1v) is 14.9. The summed E-state index contributed by atoms with van der Waals surface area (Å²) in [6.07, 6.45) is 1.81. The average Bonchev–Trinajstić information content (AvgIpc) is 3.42. The van der Waals surface area contributed by atoms with Gasteiger partial charge < -0.3 is 4.57 Å². The Bertz CT molecular complexity index is 1890. The van der Waals surface area contributed by atoms with Gasteiger partial charge in [0.1, 0.15) is 0 Å². The van der Waals surface area contributed by atoms with Gasteiger partial charge in [0, 0.05) is 39.0 Å². The summed E-state index contributed by atoms with van der Waals surface area (Å²) in [5.41, 5.74) is 4.83. The minimum atomic E-state index is -0.406. The van der Waals surface area contributed by atoms with E-state index in [2.05, 4.69) is 4.57 Å². The van der Waals surface area contributed by atoms with Crippen molar-refractivity contribution in [1.82, 2.24) is 9.47 Å². The maximum atomic E-state index is 13.3. The first-order valence-electron chi connectivity index (χ1n) is 13.2. The summed E-state index contributed by atoms with van der Waals surface area (Å²) in [5, 5.41) is 12.7. The second kappa shape index (κ2) is 11.3. The zero-order valence-electron chi connectivity index (χ0n) is 22.8. The normalized spacial score (nSPS) is 14.3. The zero-order valence-corrected chi connectivity index (χ0v) is 24.4. The lowest BCUT2D eigenvalue weighted by Crippen LogP contribution is -2.27. The number of nitro benzene ring substituents is 1. The fourth-order valence-corrected chi connectivity index (χ4v) is 6.79. The van der Waals surface area contributed by atoms with Crippen molar-refractivity contribution in [2.24, 2.45) is 0 Å². The van der Waals surface area contributed by atoms with Crippen molar-refractivity contribution in [2.45, 2.75) is 30.2 Å². The number of non-ortho nitro benzene ring substituents is 1. The van der Waals surface area contributed by atoms with Crippen molar-refractivity contribution in [2.75, 3.05) is 0 Å². The smallest absolute Gasteiger partial charge is 0.293 e. The third-order valence-corrected chi connectivity index (χ3v) is 9.14. The van der Waals surface area contributed by atoms with E-state index in [1.165, 1.54) is 28.8 Å². The van der Waals surface area contributed by atoms with Gasteiger partial charge in [0.05, 0.1) is 16.4 Å². The highest BCUT2D eigenvalue weighted by Gasteiger charge is 2.35. The maximum Gasteiger partial charge on any atom is 0.293 e. The van der Waals surface area contributed by atoms with E-state index in [1.54, 1.807) is 12.1 Å². The van der Waals surface area contributed by atoms with Crippen LogP contribution in [0.2, 0.25) is 0 Å². The van der Waals surface area contributed by atoms with Crippen LogP contribution in [0.4, 0.5) is 10.5 Å². The number of fused-ring (bicyclic) bond motifs is 1. The molecule has 1 saturated heterocycles. The van der Waals surface area contributed by atoms with E-state index in [-0.39, 0.29) is 23.4 Å². The number of nitrogens with zero attached hydrogens (tertiary/aromatic N) is 3. The number of carbonyl (C=O) groups excluding carboxylic acids is 2. The highest BCUT2D eigenvalue weighted by Crippen LogP contribution is 2.36. The van der Waals surface area contributed by atoms with Crippen LogP contribution in [0.5, 0.6) is 0 Å². The Morgan fingerprint density at radius 2 is 1.55 bits per heavy atom. The minimum Gasteiger partial charge on any atom is -0.318 e. The van der Waals surface area contributed by atoms with Crippen LogP contribution in [0.25, 0.3) is 22.5 Å². The monoisotopic (exact) mass is 591 g/mol. The van der Waals surface area contributed by atoms with Crippen LogP contribution in [-0.4, -0.2) is 25.5 Å². The molecule has 5 aromatic rings. The molecule has 208 valence electrons. The summed E-state index contributed by atoms with van der Waals surface area (Å²) in [7, 11) is 0. The van der Waals surface area contributed by atoms with Gasteiger partial charge in [-0.2, -0.15) is 0 Å². The third kappa shape index (κ3) is 5.36. The van der Waals surface area contributed by atoms with E-state index in [9.17, 15) is 19.7 Å². The summed E-state index contributed by atoms with van der Waals surface area (Å²) >= 11 is 2.51. The van der Waals surface area contributed by atoms with Crippen molar-refractivity contribution >= 4 is 57.2 Å². The van der Waals surface area contributed by atoms with E-state index < -0.39 is 4.92 Å². The highest BCUT2D eigenvalue weighted by molar-refractivity contribution is 8.18. The third-order valence-electron chi connectivity index (χ3n) is 7.22. The van der Waals surface area contributed by atoms with E-state index in [1.807, 2.05) is 92.7 Å². The van der Waals surface area contributed by atoms with Crippen LogP contribution in [0.15, 0.2) is 112 Å². The van der Waals surface area contributed by atoms with Gasteiger partial charge in [0.25, 0.3) is 16.8 Å². The maximum absolute atomic E-state index is 13.3. The van der Waals surface area contributed by atoms with Gasteiger partial charge in [-0.1, -0.05) is 54.2 Å². The second-order valence-corrected chi connectivity index (χ2v) is 12.1. The van der Waals surface area contributed by atoms with Crippen molar-refractivity contribution < 1.29 is 14.5 Å². The predicted molar refractivity (Wildman–Crippen MR) is 168 cm³/mol. The average molecular weight is 592 g/mol. The lowest BCUT2D eigenvalue weighted by Gasteiger charge is -2.14. The summed E-state index contributed by atoms with van der Waals surface area (Å²) in [6.45, 7) is 4.24. The standard InChI is InChI=1S/C33H25N3O4S2/c1-21-18-25(19-31-32(37)34(33(38)42-31)20-24-8-5-7-23-6-3-4-9-30(23)24)22(2)35(21)26-10-14-28(15-11-26)41-29-16-12-27(13-17-29)36(39)40/h3-19H,20H2,1-2H3/b31-19+. The molecule has 0 saturated carbocycles. The summed E-state index contributed by atoms with van der Waals surface area (Å²) in [5.74, 6) is -0.282. The molecule has 4 aromatic carbocycles. The van der Waals surface area contributed by atoms with Gasteiger partial charge in [-0.15, -0.1) is 0 Å². The number of thioether (sulfide) groups is 1. The number of amides is 2. The molecule has 7 nitrogen and oxygen atoms in total. The van der Waals surface area contributed by atoms with Crippen LogP contribution >= 0.6 is 23.5 Å². The van der Waals surface area contributed by atoms with Crippen LogP contribution < -0.4 is 0 Å².